The van der Waals surface area contributed by atoms with Gasteiger partial charge in [0.15, 0.2) is 0 Å². The van der Waals surface area contributed by atoms with E-state index in [1.807, 2.05) is 4.90 Å². The van der Waals surface area contributed by atoms with Gasteiger partial charge in [-0.1, -0.05) is 29.8 Å². The molecule has 0 unspecified atom stereocenters. The quantitative estimate of drug-likeness (QED) is 0.605. The number of benzene rings is 2. The van der Waals surface area contributed by atoms with E-state index < -0.39 is 15.8 Å². The number of carbonyl (C=O) groups excluding carboxylic acids is 1. The number of amides is 1. The fourth-order valence-corrected chi connectivity index (χ4v) is 5.06. The van der Waals surface area contributed by atoms with Crippen LogP contribution in [0.2, 0.25) is 0 Å². The number of carbonyl (C=O) groups is 1. The summed E-state index contributed by atoms with van der Waals surface area (Å²) in [4.78, 5) is 17.0. The van der Waals surface area contributed by atoms with E-state index in [1.165, 1.54) is 34.6 Å². The van der Waals surface area contributed by atoms with Crippen molar-refractivity contribution < 1.29 is 17.6 Å². The smallest absolute Gasteiger partial charge is 0.242 e. The van der Waals surface area contributed by atoms with Gasteiger partial charge >= 0.3 is 0 Å². The fraction of sp³-hybridized carbons (Fsp3) is 0.458. The van der Waals surface area contributed by atoms with Gasteiger partial charge in [0.2, 0.25) is 15.9 Å². The highest BCUT2D eigenvalue weighted by Crippen LogP contribution is 2.16. The van der Waals surface area contributed by atoms with E-state index in [-0.39, 0.29) is 17.3 Å². The molecule has 1 saturated heterocycles. The lowest BCUT2D eigenvalue weighted by atomic mass is 10.1. The summed E-state index contributed by atoms with van der Waals surface area (Å²) in [6.07, 6.45) is 1.68. The third kappa shape index (κ3) is 6.60. The minimum atomic E-state index is -3.69. The van der Waals surface area contributed by atoms with Crippen LogP contribution in [0.4, 0.5) is 4.39 Å². The first kappa shape index (κ1) is 24.4. The minimum absolute atomic E-state index is 0.0499. The summed E-state index contributed by atoms with van der Waals surface area (Å²) >= 11 is 0. The van der Waals surface area contributed by atoms with Crippen molar-refractivity contribution in [3.63, 3.8) is 0 Å². The Hall–Kier alpha value is -2.29. The van der Waals surface area contributed by atoms with Gasteiger partial charge in [-0.25, -0.2) is 17.1 Å². The number of halogens is 1. The van der Waals surface area contributed by atoms with E-state index in [0.717, 1.165) is 44.7 Å². The average Bonchev–Trinajstić information content (AvgIpc) is 3.01. The Bertz CT molecular complexity index is 994. The number of sulfonamides is 1. The maximum Gasteiger partial charge on any atom is 0.242 e. The maximum absolute atomic E-state index is 13.1. The van der Waals surface area contributed by atoms with Crippen LogP contribution in [0.15, 0.2) is 53.4 Å². The van der Waals surface area contributed by atoms with Crippen molar-refractivity contribution in [3.8, 4) is 0 Å². The van der Waals surface area contributed by atoms with Crippen molar-refractivity contribution in [2.45, 2.75) is 37.6 Å². The van der Waals surface area contributed by atoms with Gasteiger partial charge in [0.25, 0.3) is 0 Å². The molecule has 0 N–H and O–H groups in total. The monoisotopic (exact) mass is 461 g/mol. The first-order chi connectivity index (χ1) is 15.3. The summed E-state index contributed by atoms with van der Waals surface area (Å²) in [5.74, 6) is -0.415. The molecule has 0 aromatic heterocycles. The minimum Gasteiger partial charge on any atom is -0.341 e. The van der Waals surface area contributed by atoms with Gasteiger partial charge in [-0.2, -0.15) is 0 Å². The van der Waals surface area contributed by atoms with Crippen LogP contribution in [-0.2, 0) is 21.4 Å². The van der Waals surface area contributed by atoms with E-state index in [4.69, 9.17) is 0 Å². The molecule has 2 aromatic carbocycles. The highest BCUT2D eigenvalue weighted by molar-refractivity contribution is 7.89. The van der Waals surface area contributed by atoms with Crippen LogP contribution < -0.4 is 0 Å². The second-order valence-electron chi connectivity index (χ2n) is 8.38. The molecule has 8 heteroatoms. The van der Waals surface area contributed by atoms with E-state index in [2.05, 4.69) is 36.1 Å². The molecule has 6 nitrogen and oxygen atoms in total. The predicted molar refractivity (Wildman–Crippen MR) is 123 cm³/mol. The fourth-order valence-electron chi connectivity index (χ4n) is 3.85. The Morgan fingerprint density at radius 2 is 1.69 bits per heavy atom. The van der Waals surface area contributed by atoms with E-state index in [1.54, 1.807) is 0 Å². The van der Waals surface area contributed by atoms with Crippen molar-refractivity contribution in [1.29, 1.82) is 0 Å². The Balaban J connectivity index is 1.44. The number of rotatable bonds is 8. The lowest BCUT2D eigenvalue weighted by molar-refractivity contribution is -0.131. The highest BCUT2D eigenvalue weighted by Gasteiger charge is 2.22. The first-order valence-corrected chi connectivity index (χ1v) is 12.5. The third-order valence-corrected chi connectivity index (χ3v) is 7.72. The Morgan fingerprint density at radius 3 is 2.38 bits per heavy atom. The van der Waals surface area contributed by atoms with Gasteiger partial charge in [-0.3, -0.25) is 9.69 Å². The largest absolute Gasteiger partial charge is 0.341 e. The molecular formula is C24H32FN3O3S. The van der Waals surface area contributed by atoms with Crippen LogP contribution in [-0.4, -0.2) is 68.2 Å². The van der Waals surface area contributed by atoms with Crippen LogP contribution in [0, 0.1) is 12.7 Å². The van der Waals surface area contributed by atoms with Gasteiger partial charge in [0.1, 0.15) is 5.82 Å². The van der Waals surface area contributed by atoms with Crippen molar-refractivity contribution in [2.75, 3.05) is 39.8 Å². The molecule has 0 saturated carbocycles. The van der Waals surface area contributed by atoms with Crippen molar-refractivity contribution >= 4 is 15.9 Å². The van der Waals surface area contributed by atoms with E-state index in [0.29, 0.717) is 19.4 Å². The van der Waals surface area contributed by atoms with Gasteiger partial charge in [-0.15, -0.1) is 0 Å². The second kappa shape index (κ2) is 11.0. The molecule has 0 radical (unpaired) electrons. The lowest BCUT2D eigenvalue weighted by Crippen LogP contribution is -2.35. The topological polar surface area (TPSA) is 60.9 Å². The summed E-state index contributed by atoms with van der Waals surface area (Å²) in [6.45, 7) is 6.40. The van der Waals surface area contributed by atoms with Crippen LogP contribution >= 0.6 is 0 Å². The molecule has 0 aliphatic carbocycles. The molecule has 2 aromatic rings. The van der Waals surface area contributed by atoms with Crippen LogP contribution in [0.1, 0.15) is 30.4 Å². The molecule has 1 aliphatic rings. The number of hydrogen-bond donors (Lipinski definition) is 0. The van der Waals surface area contributed by atoms with E-state index >= 15 is 0 Å². The zero-order valence-corrected chi connectivity index (χ0v) is 19.7. The normalized spacial score (nSPS) is 15.7. The molecule has 174 valence electrons. The Kier molecular flexibility index (Phi) is 8.39. The van der Waals surface area contributed by atoms with Gasteiger partial charge in [-0.05, 0) is 49.6 Å². The SMILES string of the molecule is Cc1ccc(CN2CCCN(C(=O)CCCN(C)S(=O)(=O)c3ccc(F)cc3)CC2)cc1. The number of nitrogens with zero attached hydrogens (tertiary/aromatic N) is 3. The maximum atomic E-state index is 13.1. The van der Waals surface area contributed by atoms with Crippen molar-refractivity contribution in [1.82, 2.24) is 14.1 Å². The molecule has 1 fully saturated rings. The third-order valence-electron chi connectivity index (χ3n) is 5.85. The molecule has 1 aliphatic heterocycles. The number of hydrogen-bond acceptors (Lipinski definition) is 4. The molecule has 1 amide bonds. The van der Waals surface area contributed by atoms with Crippen LogP contribution in [0.5, 0.6) is 0 Å². The van der Waals surface area contributed by atoms with Gasteiger partial charge in [0, 0.05) is 52.7 Å². The Labute approximate surface area is 190 Å². The van der Waals surface area contributed by atoms with Gasteiger partial charge in [0.05, 0.1) is 4.90 Å². The lowest BCUT2D eigenvalue weighted by Gasteiger charge is -2.23. The summed E-state index contributed by atoms with van der Waals surface area (Å²) < 4.78 is 39.4. The molecule has 1 heterocycles. The molecule has 3 rings (SSSR count). The molecule has 0 atom stereocenters. The summed E-state index contributed by atoms with van der Waals surface area (Å²) in [7, 11) is -2.20. The van der Waals surface area contributed by atoms with Crippen LogP contribution in [0.3, 0.4) is 0 Å². The van der Waals surface area contributed by atoms with E-state index in [9.17, 15) is 17.6 Å². The molecule has 0 spiro atoms. The van der Waals surface area contributed by atoms with Gasteiger partial charge < -0.3 is 4.90 Å². The molecule has 0 bridgehead atoms. The first-order valence-electron chi connectivity index (χ1n) is 11.0. The zero-order valence-electron chi connectivity index (χ0n) is 18.8. The van der Waals surface area contributed by atoms with Crippen molar-refractivity contribution in [3.05, 3.63) is 65.5 Å². The molecular weight excluding hydrogens is 429 g/mol. The summed E-state index contributed by atoms with van der Waals surface area (Å²) in [5.41, 5.74) is 2.53. The van der Waals surface area contributed by atoms with Crippen molar-refractivity contribution in [2.24, 2.45) is 0 Å². The zero-order chi connectivity index (χ0) is 23.1. The Morgan fingerprint density at radius 1 is 1.00 bits per heavy atom. The van der Waals surface area contributed by atoms with Crippen LogP contribution in [0.25, 0.3) is 0 Å². The second-order valence-corrected chi connectivity index (χ2v) is 10.4. The summed E-state index contributed by atoms with van der Waals surface area (Å²) in [5, 5.41) is 0. The average molecular weight is 462 g/mol. The summed E-state index contributed by atoms with van der Waals surface area (Å²) in [6, 6.07) is 13.3. The molecule has 32 heavy (non-hydrogen) atoms. The predicted octanol–water partition coefficient (Wildman–Crippen LogP) is 3.27. The standard InChI is InChI=1S/C24H32FN3O3S/c1-20-6-8-21(9-7-20)19-27-15-4-16-28(18-17-27)24(29)5-3-14-26(2)32(30,31)23-12-10-22(25)11-13-23/h6-13H,3-5,14-19H2,1-2H3. The number of aryl methyl sites for hydroxylation is 1. The highest BCUT2D eigenvalue weighted by atomic mass is 32.2.